The van der Waals surface area contributed by atoms with Crippen molar-refractivity contribution in [1.82, 2.24) is 0 Å². The smallest absolute Gasteiger partial charge is 0.159 e. The van der Waals surface area contributed by atoms with Crippen LogP contribution in [0.5, 0.6) is 0 Å². The van der Waals surface area contributed by atoms with Crippen molar-refractivity contribution >= 4 is 143 Å². The fourth-order valence-corrected chi connectivity index (χ4v) is 12.5. The zero-order chi connectivity index (χ0) is 52.9. The Labute approximate surface area is 451 Å². The zero-order valence-corrected chi connectivity index (χ0v) is 45.0. The first-order valence-electron chi connectivity index (χ1n) is 27.1. The number of furan rings is 4. The third-order valence-corrected chi connectivity index (χ3v) is 16.3. The van der Waals surface area contributed by atoms with Gasteiger partial charge in [-0.1, -0.05) is 151 Å². The molecule has 0 aliphatic carbocycles. The van der Waals surface area contributed by atoms with E-state index in [1.54, 1.807) is 0 Å². The molecule has 378 valence electrons. The summed E-state index contributed by atoms with van der Waals surface area (Å²) < 4.78 is 27.6. The Morgan fingerprint density at radius 1 is 0.295 bits per heavy atom. The molecule has 15 rings (SSSR count). The average molecular weight is 1010 g/mol. The van der Waals surface area contributed by atoms with Crippen LogP contribution in [0.2, 0.25) is 0 Å². The Balaban J connectivity index is 0.863. The van der Waals surface area contributed by atoms with Gasteiger partial charge in [0.15, 0.2) is 11.2 Å². The van der Waals surface area contributed by atoms with Crippen LogP contribution in [0.15, 0.2) is 212 Å². The van der Waals surface area contributed by atoms with Crippen LogP contribution in [0.3, 0.4) is 0 Å². The summed E-state index contributed by atoms with van der Waals surface area (Å²) in [5.74, 6) is 0. The molecule has 6 nitrogen and oxygen atoms in total. The molecule has 11 aromatic carbocycles. The molecule has 0 spiro atoms. The molecule has 0 aliphatic heterocycles. The number of hydrogen-bond donors (Lipinski definition) is 0. The van der Waals surface area contributed by atoms with Gasteiger partial charge in [0.05, 0.1) is 11.4 Å². The molecule has 78 heavy (non-hydrogen) atoms. The molecule has 4 aromatic heterocycles. The summed E-state index contributed by atoms with van der Waals surface area (Å²) in [6.45, 7) is 17.8. The number of aryl methyl sites for hydroxylation is 2. The lowest BCUT2D eigenvalue weighted by atomic mass is 9.86. The number of benzene rings is 11. The largest absolute Gasteiger partial charge is 0.456 e. The van der Waals surface area contributed by atoms with E-state index in [-0.39, 0.29) is 10.8 Å². The zero-order valence-electron chi connectivity index (χ0n) is 45.0. The van der Waals surface area contributed by atoms with Gasteiger partial charge in [-0.15, -0.1) is 0 Å². The molecule has 0 N–H and O–H groups in total. The lowest BCUT2D eigenvalue weighted by molar-refractivity contribution is 0.572. The minimum Gasteiger partial charge on any atom is -0.456 e. The summed E-state index contributed by atoms with van der Waals surface area (Å²) in [4.78, 5) is 4.69. The fourth-order valence-electron chi connectivity index (χ4n) is 12.5. The SMILES string of the molecule is Cc1ccccc1N(c1ccc2cc3c(cc2c1)oc1ccc2oc4cc5cc(N(c6ccccc6C)c6cccc7c6oc6c(C(C)(C)C)cccc67)ccc5cc4c2c13)c1cccc2c1oc1c(C(C)(C)C)cccc12. The maximum absolute atomic E-state index is 6.98. The standard InChI is InChI=1S/C72H56N2O4/c1-41-17-9-11-25-57(41)73(59-27-15-21-51-49-19-13-23-55(71(3,4)5)67(49)77-69(51)59)47-31-29-43-37-53-63(39-45(43)35-47)75-61-33-34-62-66(65(53)61)54-38-44-30-32-48(36-46(44)40-64(54)76-62)74(58-26-12-10-18-42(58)2)60-28-16-22-52-50-20-14-24-56(72(6,7)8)68(50)78-70(52)60/h9-40H,1-8H3. The Kier molecular flexibility index (Phi) is 9.82. The summed E-state index contributed by atoms with van der Waals surface area (Å²) in [6.07, 6.45) is 0. The Morgan fingerprint density at radius 2 is 0.679 bits per heavy atom. The van der Waals surface area contributed by atoms with Gasteiger partial charge in [-0.2, -0.15) is 0 Å². The van der Waals surface area contributed by atoms with E-state index in [9.17, 15) is 0 Å². The highest BCUT2D eigenvalue weighted by Gasteiger charge is 2.28. The van der Waals surface area contributed by atoms with E-state index in [0.717, 1.165) is 155 Å². The van der Waals surface area contributed by atoms with E-state index in [1.807, 2.05) is 0 Å². The third kappa shape index (κ3) is 6.95. The second-order valence-corrected chi connectivity index (χ2v) is 23.4. The van der Waals surface area contributed by atoms with Crippen molar-refractivity contribution in [3.63, 3.8) is 0 Å². The summed E-state index contributed by atoms with van der Waals surface area (Å²) in [5, 5.41) is 13.0. The van der Waals surface area contributed by atoms with Gasteiger partial charge >= 0.3 is 0 Å². The Bertz CT molecular complexity index is 4680. The van der Waals surface area contributed by atoms with Gasteiger partial charge in [0.1, 0.15) is 33.5 Å². The lowest BCUT2D eigenvalue weighted by Gasteiger charge is -2.27. The van der Waals surface area contributed by atoms with Crippen LogP contribution in [0, 0.1) is 13.8 Å². The van der Waals surface area contributed by atoms with Crippen LogP contribution in [0.1, 0.15) is 63.8 Å². The second kappa shape index (κ2) is 16.6. The molecular weight excluding hydrogens is 957 g/mol. The number of fused-ring (bicyclic) bond motifs is 15. The summed E-state index contributed by atoms with van der Waals surface area (Å²) in [5.41, 5.74) is 17.6. The third-order valence-electron chi connectivity index (χ3n) is 16.3. The molecule has 15 aromatic rings. The second-order valence-electron chi connectivity index (χ2n) is 23.4. The summed E-state index contributed by atoms with van der Waals surface area (Å²) >= 11 is 0. The Morgan fingerprint density at radius 3 is 1.09 bits per heavy atom. The average Bonchev–Trinajstić information content (AvgIpc) is 4.23. The van der Waals surface area contributed by atoms with Crippen LogP contribution in [0.25, 0.3) is 109 Å². The maximum Gasteiger partial charge on any atom is 0.159 e. The van der Waals surface area contributed by atoms with Crippen LogP contribution >= 0.6 is 0 Å². The van der Waals surface area contributed by atoms with Crippen molar-refractivity contribution in [3.8, 4) is 0 Å². The highest BCUT2D eigenvalue weighted by Crippen LogP contribution is 2.49. The first-order chi connectivity index (χ1) is 37.7. The minimum atomic E-state index is -0.0862. The predicted octanol–water partition coefficient (Wildman–Crippen LogP) is 21.7. The molecular formula is C72H56N2O4. The molecule has 0 saturated carbocycles. The molecule has 0 atom stereocenters. The van der Waals surface area contributed by atoms with Crippen LogP contribution in [-0.4, -0.2) is 0 Å². The summed E-state index contributed by atoms with van der Waals surface area (Å²) in [7, 11) is 0. The van der Waals surface area contributed by atoms with Gasteiger partial charge < -0.3 is 27.5 Å². The molecule has 4 heterocycles. The van der Waals surface area contributed by atoms with Crippen LogP contribution in [0.4, 0.5) is 34.1 Å². The molecule has 0 radical (unpaired) electrons. The highest BCUT2D eigenvalue weighted by molar-refractivity contribution is 6.28. The lowest BCUT2D eigenvalue weighted by Crippen LogP contribution is -2.11. The number of rotatable bonds is 6. The van der Waals surface area contributed by atoms with Gasteiger partial charge in [-0.25, -0.2) is 0 Å². The van der Waals surface area contributed by atoms with Gasteiger partial charge in [-0.05, 0) is 142 Å². The van der Waals surface area contributed by atoms with Crippen molar-refractivity contribution in [1.29, 1.82) is 0 Å². The fraction of sp³-hybridized carbons (Fsp3) is 0.139. The minimum absolute atomic E-state index is 0.0862. The maximum atomic E-state index is 6.98. The number of anilines is 6. The first-order valence-corrected chi connectivity index (χ1v) is 27.1. The monoisotopic (exact) mass is 1010 g/mol. The topological polar surface area (TPSA) is 59.0 Å². The van der Waals surface area contributed by atoms with Crippen molar-refractivity contribution in [2.75, 3.05) is 9.80 Å². The van der Waals surface area contributed by atoms with E-state index in [0.29, 0.717) is 0 Å². The number of hydrogen-bond acceptors (Lipinski definition) is 6. The van der Waals surface area contributed by atoms with Crippen molar-refractivity contribution in [2.24, 2.45) is 0 Å². The van der Waals surface area contributed by atoms with E-state index in [1.165, 1.54) is 11.1 Å². The number of para-hydroxylation sites is 6. The van der Waals surface area contributed by atoms with Gasteiger partial charge in [0, 0.05) is 77.0 Å². The normalized spacial score (nSPS) is 12.6. The van der Waals surface area contributed by atoms with Crippen LogP contribution < -0.4 is 9.80 Å². The quantitative estimate of drug-likeness (QED) is 0.165. The van der Waals surface area contributed by atoms with E-state index in [2.05, 4.69) is 259 Å². The van der Waals surface area contributed by atoms with E-state index < -0.39 is 0 Å². The van der Waals surface area contributed by atoms with Crippen LogP contribution in [-0.2, 0) is 10.8 Å². The van der Waals surface area contributed by atoms with Crippen molar-refractivity contribution in [3.05, 3.63) is 216 Å². The highest BCUT2D eigenvalue weighted by atomic mass is 16.3. The molecule has 0 aliphatic rings. The van der Waals surface area contributed by atoms with Crippen molar-refractivity contribution < 1.29 is 17.7 Å². The molecule has 0 amide bonds. The van der Waals surface area contributed by atoms with Gasteiger partial charge in [0.2, 0.25) is 0 Å². The Hall–Kier alpha value is -9.26. The predicted molar refractivity (Wildman–Crippen MR) is 327 cm³/mol. The summed E-state index contributed by atoms with van der Waals surface area (Å²) in [6, 6.07) is 69.7. The van der Waals surface area contributed by atoms with Gasteiger partial charge in [0.25, 0.3) is 0 Å². The molecule has 0 saturated heterocycles. The molecule has 0 fully saturated rings. The molecule has 6 heteroatoms. The molecule has 0 unspecified atom stereocenters. The van der Waals surface area contributed by atoms with E-state index in [4.69, 9.17) is 17.7 Å². The number of nitrogens with zero attached hydrogens (tertiary/aromatic N) is 2. The van der Waals surface area contributed by atoms with Gasteiger partial charge in [-0.3, -0.25) is 0 Å². The van der Waals surface area contributed by atoms with Crippen molar-refractivity contribution in [2.45, 2.75) is 66.2 Å². The van der Waals surface area contributed by atoms with E-state index >= 15 is 0 Å². The first kappa shape index (κ1) is 46.1. The molecule has 0 bridgehead atoms.